The molecule has 19 heavy (non-hydrogen) atoms. The van der Waals surface area contributed by atoms with Gasteiger partial charge in [0.15, 0.2) is 0 Å². The minimum atomic E-state index is -0.721. The average molecular weight is 257 g/mol. The molecule has 0 aliphatic carbocycles. The summed E-state index contributed by atoms with van der Waals surface area (Å²) >= 11 is 0. The first kappa shape index (κ1) is 12.8. The van der Waals surface area contributed by atoms with Crippen molar-refractivity contribution in [2.24, 2.45) is 5.73 Å². The quantitative estimate of drug-likeness (QED) is 0.826. The second kappa shape index (κ2) is 4.91. The molecule has 0 spiro atoms. The molecule has 0 unspecified atom stereocenters. The minimum Gasteiger partial charge on any atom is -0.366 e. The van der Waals surface area contributed by atoms with Crippen molar-refractivity contribution < 1.29 is 13.6 Å². The average Bonchev–Trinajstić information content (AvgIpc) is 2.38. The maximum atomic E-state index is 13.9. The van der Waals surface area contributed by atoms with E-state index in [0.29, 0.717) is 5.56 Å². The van der Waals surface area contributed by atoms with E-state index in [-0.39, 0.29) is 16.7 Å². The molecule has 2 rings (SSSR count). The lowest BCUT2D eigenvalue weighted by Gasteiger charge is -2.07. The first-order chi connectivity index (χ1) is 9.02. The fourth-order valence-corrected chi connectivity index (χ4v) is 1.76. The highest BCUT2D eigenvalue weighted by atomic mass is 19.1. The van der Waals surface area contributed by atoms with Crippen molar-refractivity contribution in [3.05, 3.63) is 59.2 Å². The molecular formula is C15H9F2NO. The van der Waals surface area contributed by atoms with E-state index in [0.717, 1.165) is 12.1 Å². The van der Waals surface area contributed by atoms with Gasteiger partial charge < -0.3 is 5.73 Å². The molecule has 0 saturated carbocycles. The van der Waals surface area contributed by atoms with Crippen LogP contribution in [0.5, 0.6) is 0 Å². The third-order valence-electron chi connectivity index (χ3n) is 2.68. The standard InChI is InChI=1S/C15H9F2NO/c1-2-9-7-11(16)4-6-12(9)13-5-3-10(15(18)19)8-14(13)17/h1,3-8H,(H2,18,19). The van der Waals surface area contributed by atoms with Crippen LogP contribution in [0.3, 0.4) is 0 Å². The van der Waals surface area contributed by atoms with Crippen LogP contribution in [0.2, 0.25) is 0 Å². The summed E-state index contributed by atoms with van der Waals surface area (Å²) in [6.45, 7) is 0. The van der Waals surface area contributed by atoms with E-state index in [9.17, 15) is 13.6 Å². The van der Waals surface area contributed by atoms with Crippen molar-refractivity contribution in [2.75, 3.05) is 0 Å². The molecular weight excluding hydrogens is 248 g/mol. The number of primary amides is 1. The predicted molar refractivity (Wildman–Crippen MR) is 68.2 cm³/mol. The molecule has 4 heteroatoms. The molecule has 0 saturated heterocycles. The van der Waals surface area contributed by atoms with E-state index in [2.05, 4.69) is 5.92 Å². The fraction of sp³-hybridized carbons (Fsp3) is 0. The Morgan fingerprint density at radius 3 is 2.37 bits per heavy atom. The van der Waals surface area contributed by atoms with Crippen molar-refractivity contribution >= 4 is 5.91 Å². The molecule has 94 valence electrons. The van der Waals surface area contributed by atoms with Crippen LogP contribution in [0.1, 0.15) is 15.9 Å². The van der Waals surface area contributed by atoms with Crippen molar-refractivity contribution in [1.82, 2.24) is 0 Å². The van der Waals surface area contributed by atoms with Gasteiger partial charge in [-0.25, -0.2) is 8.78 Å². The number of halogens is 2. The zero-order valence-electron chi connectivity index (χ0n) is 9.78. The summed E-state index contributed by atoms with van der Waals surface area (Å²) < 4.78 is 27.0. The second-order valence-corrected chi connectivity index (χ2v) is 3.89. The normalized spacial score (nSPS) is 9.95. The predicted octanol–water partition coefficient (Wildman–Crippen LogP) is 2.71. The van der Waals surface area contributed by atoms with Crippen LogP contribution in [0.4, 0.5) is 8.78 Å². The van der Waals surface area contributed by atoms with E-state index >= 15 is 0 Å². The van der Waals surface area contributed by atoms with Crippen LogP contribution in [-0.4, -0.2) is 5.91 Å². The summed E-state index contributed by atoms with van der Waals surface area (Å²) in [7, 11) is 0. The maximum absolute atomic E-state index is 13.9. The largest absolute Gasteiger partial charge is 0.366 e. The number of carbonyl (C=O) groups is 1. The van der Waals surface area contributed by atoms with Crippen molar-refractivity contribution in [3.63, 3.8) is 0 Å². The molecule has 0 aromatic heterocycles. The minimum absolute atomic E-state index is 0.0608. The maximum Gasteiger partial charge on any atom is 0.248 e. The lowest BCUT2D eigenvalue weighted by molar-refractivity contribution is 0.1000. The number of amides is 1. The Hall–Kier alpha value is -2.67. The number of hydrogen-bond acceptors (Lipinski definition) is 1. The van der Waals surface area contributed by atoms with Crippen LogP contribution >= 0.6 is 0 Å². The van der Waals surface area contributed by atoms with Gasteiger partial charge in [0.05, 0.1) is 0 Å². The van der Waals surface area contributed by atoms with Crippen LogP contribution < -0.4 is 5.73 Å². The molecule has 0 aliphatic heterocycles. The molecule has 2 nitrogen and oxygen atoms in total. The molecule has 0 aliphatic rings. The first-order valence-corrected chi connectivity index (χ1v) is 5.39. The first-order valence-electron chi connectivity index (χ1n) is 5.39. The summed E-state index contributed by atoms with van der Waals surface area (Å²) in [6, 6.07) is 7.55. The second-order valence-electron chi connectivity index (χ2n) is 3.89. The molecule has 0 bridgehead atoms. The Morgan fingerprint density at radius 1 is 1.11 bits per heavy atom. The molecule has 2 aromatic rings. The summed E-state index contributed by atoms with van der Waals surface area (Å²) in [5.74, 6) is 0.447. The number of hydrogen-bond donors (Lipinski definition) is 1. The molecule has 0 heterocycles. The fourth-order valence-electron chi connectivity index (χ4n) is 1.76. The summed E-state index contributed by atoms with van der Waals surface area (Å²) in [4.78, 5) is 10.9. The molecule has 0 fully saturated rings. The van der Waals surface area contributed by atoms with E-state index in [1.165, 1.54) is 24.3 Å². The number of benzene rings is 2. The van der Waals surface area contributed by atoms with Crippen LogP contribution in [0.25, 0.3) is 11.1 Å². The zero-order valence-corrected chi connectivity index (χ0v) is 9.78. The third-order valence-corrected chi connectivity index (χ3v) is 2.68. The third kappa shape index (κ3) is 2.45. The molecule has 0 radical (unpaired) electrons. The van der Waals surface area contributed by atoms with Gasteiger partial charge in [-0.05, 0) is 24.3 Å². The molecule has 2 N–H and O–H groups in total. The zero-order chi connectivity index (χ0) is 14.0. The Bertz CT molecular complexity index is 702. The highest BCUT2D eigenvalue weighted by Gasteiger charge is 2.12. The van der Waals surface area contributed by atoms with Crippen LogP contribution in [0, 0.1) is 24.0 Å². The van der Waals surface area contributed by atoms with Crippen molar-refractivity contribution in [1.29, 1.82) is 0 Å². The van der Waals surface area contributed by atoms with Crippen LogP contribution in [-0.2, 0) is 0 Å². The monoisotopic (exact) mass is 257 g/mol. The van der Waals surface area contributed by atoms with Crippen LogP contribution in [0.15, 0.2) is 36.4 Å². The Balaban J connectivity index is 2.60. The van der Waals surface area contributed by atoms with Gasteiger partial charge in [0, 0.05) is 22.3 Å². The summed E-state index contributed by atoms with van der Waals surface area (Å²) in [5.41, 5.74) is 5.94. The van der Waals surface area contributed by atoms with E-state index in [4.69, 9.17) is 12.2 Å². The van der Waals surface area contributed by atoms with E-state index in [1.54, 1.807) is 0 Å². The Morgan fingerprint density at radius 2 is 1.79 bits per heavy atom. The molecule has 1 amide bonds. The lowest BCUT2D eigenvalue weighted by atomic mass is 9.98. The van der Waals surface area contributed by atoms with E-state index < -0.39 is 17.5 Å². The van der Waals surface area contributed by atoms with Gasteiger partial charge in [-0.1, -0.05) is 18.1 Å². The number of terminal acetylenes is 1. The number of nitrogens with two attached hydrogens (primary N) is 1. The van der Waals surface area contributed by atoms with Gasteiger partial charge in [-0.2, -0.15) is 0 Å². The van der Waals surface area contributed by atoms with E-state index in [1.807, 2.05) is 0 Å². The Kier molecular flexibility index (Phi) is 3.30. The topological polar surface area (TPSA) is 43.1 Å². The van der Waals surface area contributed by atoms with Gasteiger partial charge in [0.1, 0.15) is 11.6 Å². The van der Waals surface area contributed by atoms with Gasteiger partial charge in [0.25, 0.3) is 0 Å². The van der Waals surface area contributed by atoms with Crippen molar-refractivity contribution in [2.45, 2.75) is 0 Å². The Labute approximate surface area is 108 Å². The van der Waals surface area contributed by atoms with Crippen molar-refractivity contribution in [3.8, 4) is 23.5 Å². The molecule has 0 atom stereocenters. The lowest BCUT2D eigenvalue weighted by Crippen LogP contribution is -2.11. The van der Waals surface area contributed by atoms with Gasteiger partial charge in [0.2, 0.25) is 5.91 Å². The molecule has 2 aromatic carbocycles. The number of rotatable bonds is 2. The smallest absolute Gasteiger partial charge is 0.248 e. The van der Waals surface area contributed by atoms with Gasteiger partial charge >= 0.3 is 0 Å². The summed E-state index contributed by atoms with van der Waals surface area (Å²) in [6.07, 6.45) is 5.27. The highest BCUT2D eigenvalue weighted by molar-refractivity contribution is 5.93. The summed E-state index contributed by atoms with van der Waals surface area (Å²) in [5, 5.41) is 0. The van der Waals surface area contributed by atoms with Gasteiger partial charge in [-0.3, -0.25) is 4.79 Å². The highest BCUT2D eigenvalue weighted by Crippen LogP contribution is 2.27. The van der Waals surface area contributed by atoms with Gasteiger partial charge in [-0.15, -0.1) is 6.42 Å². The number of carbonyl (C=O) groups excluding carboxylic acids is 1. The SMILES string of the molecule is C#Cc1cc(F)ccc1-c1ccc(C(N)=O)cc1F.